The SMILES string of the molecule is O=C(c1ccc(N2CCC(NCc3ccc4nsnc4c3)CC2)cc1)N1CCOCC1. The molecule has 3 aromatic rings. The number of piperidine rings is 1. The maximum Gasteiger partial charge on any atom is 0.254 e. The maximum absolute atomic E-state index is 12.6. The molecule has 3 heterocycles. The van der Waals surface area contributed by atoms with Crippen LogP contribution in [-0.2, 0) is 11.3 Å². The summed E-state index contributed by atoms with van der Waals surface area (Å²) in [6, 6.07) is 14.9. The monoisotopic (exact) mass is 437 g/mol. The summed E-state index contributed by atoms with van der Waals surface area (Å²) < 4.78 is 13.9. The lowest BCUT2D eigenvalue weighted by atomic mass is 10.0. The van der Waals surface area contributed by atoms with E-state index in [1.54, 1.807) is 0 Å². The predicted molar refractivity (Wildman–Crippen MR) is 123 cm³/mol. The van der Waals surface area contributed by atoms with Crippen molar-refractivity contribution in [2.24, 2.45) is 0 Å². The Balaban J connectivity index is 1.12. The smallest absolute Gasteiger partial charge is 0.254 e. The van der Waals surface area contributed by atoms with Crippen LogP contribution >= 0.6 is 11.7 Å². The van der Waals surface area contributed by atoms with E-state index in [2.05, 4.69) is 43.2 Å². The van der Waals surface area contributed by atoms with E-state index in [1.165, 1.54) is 23.0 Å². The van der Waals surface area contributed by atoms with Crippen molar-refractivity contribution in [2.75, 3.05) is 44.3 Å². The number of fused-ring (bicyclic) bond motifs is 1. The van der Waals surface area contributed by atoms with Crippen molar-refractivity contribution in [3.8, 4) is 0 Å². The lowest BCUT2D eigenvalue weighted by Gasteiger charge is -2.34. The number of morpholine rings is 1. The molecule has 2 aromatic carbocycles. The van der Waals surface area contributed by atoms with Gasteiger partial charge in [0.1, 0.15) is 11.0 Å². The number of hydrogen-bond donors (Lipinski definition) is 1. The van der Waals surface area contributed by atoms with E-state index in [4.69, 9.17) is 4.74 Å². The fourth-order valence-electron chi connectivity index (χ4n) is 4.31. The van der Waals surface area contributed by atoms with E-state index >= 15 is 0 Å². The van der Waals surface area contributed by atoms with Gasteiger partial charge in [0, 0.05) is 50.0 Å². The largest absolute Gasteiger partial charge is 0.378 e. The number of benzene rings is 2. The highest BCUT2D eigenvalue weighted by Crippen LogP contribution is 2.22. The Kier molecular flexibility index (Phi) is 6.11. The van der Waals surface area contributed by atoms with Gasteiger partial charge in [-0.25, -0.2) is 0 Å². The Morgan fingerprint density at radius 1 is 1.00 bits per heavy atom. The molecule has 5 rings (SSSR count). The van der Waals surface area contributed by atoms with Gasteiger partial charge in [-0.05, 0) is 54.8 Å². The van der Waals surface area contributed by atoms with Crippen LogP contribution < -0.4 is 10.2 Å². The lowest BCUT2D eigenvalue weighted by molar-refractivity contribution is 0.0303. The van der Waals surface area contributed by atoms with Gasteiger partial charge in [-0.15, -0.1) is 0 Å². The van der Waals surface area contributed by atoms with E-state index in [1.807, 2.05) is 23.1 Å². The Morgan fingerprint density at radius 3 is 2.52 bits per heavy atom. The average Bonchev–Trinajstić information content (AvgIpc) is 3.31. The summed E-state index contributed by atoms with van der Waals surface area (Å²) in [6.45, 7) is 5.50. The summed E-state index contributed by atoms with van der Waals surface area (Å²) in [5, 5.41) is 3.70. The van der Waals surface area contributed by atoms with Crippen molar-refractivity contribution in [1.29, 1.82) is 0 Å². The first kappa shape index (κ1) is 20.4. The molecule has 0 atom stereocenters. The Hall–Kier alpha value is -2.55. The van der Waals surface area contributed by atoms with Gasteiger partial charge in [-0.2, -0.15) is 8.75 Å². The molecule has 162 valence electrons. The lowest BCUT2D eigenvalue weighted by Crippen LogP contribution is -2.42. The van der Waals surface area contributed by atoms with Crippen LogP contribution in [0.2, 0.25) is 0 Å². The number of amides is 1. The molecule has 7 nitrogen and oxygen atoms in total. The third-order valence-corrected chi connectivity index (χ3v) is 6.74. The third kappa shape index (κ3) is 4.71. The number of anilines is 1. The van der Waals surface area contributed by atoms with E-state index in [9.17, 15) is 4.79 Å². The summed E-state index contributed by atoms with van der Waals surface area (Å²) >= 11 is 1.26. The molecule has 2 fully saturated rings. The van der Waals surface area contributed by atoms with E-state index in [0.717, 1.165) is 49.1 Å². The highest BCUT2D eigenvalue weighted by molar-refractivity contribution is 7.00. The van der Waals surface area contributed by atoms with Gasteiger partial charge in [0.15, 0.2) is 0 Å². The van der Waals surface area contributed by atoms with Gasteiger partial charge in [0.05, 0.1) is 24.9 Å². The second kappa shape index (κ2) is 9.30. The minimum atomic E-state index is 0.101. The van der Waals surface area contributed by atoms with Gasteiger partial charge in [0.25, 0.3) is 5.91 Å². The molecule has 2 saturated heterocycles. The number of rotatable bonds is 5. The molecule has 0 bridgehead atoms. The number of nitrogens with one attached hydrogen (secondary N) is 1. The molecule has 0 saturated carbocycles. The first-order valence-electron chi connectivity index (χ1n) is 10.9. The van der Waals surface area contributed by atoms with Gasteiger partial charge < -0.3 is 19.9 Å². The minimum absolute atomic E-state index is 0.101. The quantitative estimate of drug-likeness (QED) is 0.662. The molecule has 1 aromatic heterocycles. The molecule has 31 heavy (non-hydrogen) atoms. The highest BCUT2D eigenvalue weighted by atomic mass is 32.1. The summed E-state index contributed by atoms with van der Waals surface area (Å²) in [5.41, 5.74) is 5.16. The van der Waals surface area contributed by atoms with Crippen LogP contribution in [0.3, 0.4) is 0 Å². The third-order valence-electron chi connectivity index (χ3n) is 6.19. The summed E-state index contributed by atoms with van der Waals surface area (Å²) in [4.78, 5) is 16.9. The minimum Gasteiger partial charge on any atom is -0.378 e. The number of aromatic nitrogens is 2. The Bertz CT molecular complexity index is 1020. The maximum atomic E-state index is 12.6. The van der Waals surface area contributed by atoms with Crippen molar-refractivity contribution >= 4 is 34.4 Å². The zero-order chi connectivity index (χ0) is 21.0. The van der Waals surface area contributed by atoms with Gasteiger partial charge in [-0.1, -0.05) is 6.07 Å². The van der Waals surface area contributed by atoms with Gasteiger partial charge in [0.2, 0.25) is 0 Å². The molecule has 0 radical (unpaired) electrons. The van der Waals surface area contributed by atoms with Crippen LogP contribution in [0.5, 0.6) is 0 Å². The second-order valence-electron chi connectivity index (χ2n) is 8.18. The van der Waals surface area contributed by atoms with Gasteiger partial charge >= 0.3 is 0 Å². The summed E-state index contributed by atoms with van der Waals surface area (Å²) in [6.07, 6.45) is 2.21. The molecule has 2 aliphatic rings. The fourth-order valence-corrected chi connectivity index (χ4v) is 4.82. The first-order chi connectivity index (χ1) is 15.3. The Labute approximate surface area is 186 Å². The summed E-state index contributed by atoms with van der Waals surface area (Å²) in [7, 11) is 0. The van der Waals surface area contributed by atoms with Gasteiger partial charge in [-0.3, -0.25) is 4.79 Å². The van der Waals surface area contributed by atoms with E-state index in [-0.39, 0.29) is 5.91 Å². The standard InChI is InChI=1S/C23H27N5O2S/c29-23(28-11-13-30-14-12-28)18-2-4-20(5-3-18)27-9-7-19(8-10-27)24-16-17-1-6-21-22(15-17)26-31-25-21/h1-6,15,19,24H,7-14,16H2. The molecule has 1 N–H and O–H groups in total. The van der Waals surface area contributed by atoms with Crippen molar-refractivity contribution < 1.29 is 9.53 Å². The predicted octanol–water partition coefficient (Wildman–Crippen LogP) is 2.92. The molecule has 0 unspecified atom stereocenters. The zero-order valence-corrected chi connectivity index (χ0v) is 18.3. The Morgan fingerprint density at radius 2 is 1.74 bits per heavy atom. The molecule has 0 aliphatic carbocycles. The van der Waals surface area contributed by atoms with Crippen LogP contribution in [0.15, 0.2) is 42.5 Å². The number of ether oxygens (including phenoxy) is 1. The number of nitrogens with zero attached hydrogens (tertiary/aromatic N) is 4. The van der Waals surface area contributed by atoms with Crippen LogP contribution in [0.1, 0.15) is 28.8 Å². The van der Waals surface area contributed by atoms with E-state index in [0.29, 0.717) is 32.3 Å². The average molecular weight is 438 g/mol. The van der Waals surface area contributed by atoms with Crippen LogP contribution in [-0.4, -0.2) is 65.0 Å². The normalized spacial score (nSPS) is 17.9. The van der Waals surface area contributed by atoms with Crippen molar-refractivity contribution in [3.05, 3.63) is 53.6 Å². The molecule has 2 aliphatic heterocycles. The first-order valence-corrected chi connectivity index (χ1v) is 11.7. The van der Waals surface area contributed by atoms with Crippen molar-refractivity contribution in [3.63, 3.8) is 0 Å². The fraction of sp³-hybridized carbons (Fsp3) is 0.435. The number of carbonyl (C=O) groups is 1. The van der Waals surface area contributed by atoms with Crippen molar-refractivity contribution in [2.45, 2.75) is 25.4 Å². The molecular weight excluding hydrogens is 410 g/mol. The molecule has 0 spiro atoms. The topological polar surface area (TPSA) is 70.6 Å². The summed E-state index contributed by atoms with van der Waals surface area (Å²) in [5.74, 6) is 0.101. The number of hydrogen-bond acceptors (Lipinski definition) is 7. The number of carbonyl (C=O) groups excluding carboxylic acids is 1. The van der Waals surface area contributed by atoms with Crippen LogP contribution in [0.4, 0.5) is 5.69 Å². The van der Waals surface area contributed by atoms with Crippen molar-refractivity contribution in [1.82, 2.24) is 19.0 Å². The molecule has 1 amide bonds. The van der Waals surface area contributed by atoms with E-state index < -0.39 is 0 Å². The zero-order valence-electron chi connectivity index (χ0n) is 17.5. The molecular formula is C23H27N5O2S. The van der Waals surface area contributed by atoms with Crippen LogP contribution in [0, 0.1) is 0 Å². The highest BCUT2D eigenvalue weighted by Gasteiger charge is 2.21. The van der Waals surface area contributed by atoms with Crippen LogP contribution in [0.25, 0.3) is 11.0 Å². The molecule has 8 heteroatoms. The second-order valence-corrected chi connectivity index (χ2v) is 8.71.